The largest absolute Gasteiger partial charge is 0.393 e. The molecule has 3 N–H and O–H groups in total. The molecule has 0 aliphatic heterocycles. The van der Waals surface area contributed by atoms with E-state index in [1.54, 1.807) is 24.3 Å². The number of hydrogen-bond donors (Lipinski definition) is 2. The lowest BCUT2D eigenvalue weighted by atomic mass is 10.2. The van der Waals surface area contributed by atoms with Gasteiger partial charge in [-0.1, -0.05) is 23.9 Å². The van der Waals surface area contributed by atoms with E-state index in [0.29, 0.717) is 28.0 Å². The molecule has 0 aromatic heterocycles. The van der Waals surface area contributed by atoms with Crippen molar-refractivity contribution >= 4 is 34.5 Å². The molecule has 0 amide bonds. The van der Waals surface area contributed by atoms with Gasteiger partial charge in [0.25, 0.3) is 11.4 Å². The summed E-state index contributed by atoms with van der Waals surface area (Å²) >= 11 is 0.421. The van der Waals surface area contributed by atoms with Crippen LogP contribution in [0.25, 0.3) is 0 Å². The summed E-state index contributed by atoms with van der Waals surface area (Å²) in [5.74, 6) is -2.53. The maximum atomic E-state index is 12.5. The maximum Gasteiger partial charge on any atom is 0.292 e. The Kier molecular flexibility index (Phi) is 4.59. The van der Waals surface area contributed by atoms with Crippen LogP contribution in [0.5, 0.6) is 0 Å². The molecule has 2 rings (SSSR count). The molecule has 0 radical (unpaired) electrons. The van der Waals surface area contributed by atoms with Crippen molar-refractivity contribution < 1.29 is 13.7 Å². The van der Waals surface area contributed by atoms with Gasteiger partial charge in [-0.25, -0.2) is 0 Å². The molecule has 0 aliphatic carbocycles. The van der Waals surface area contributed by atoms with Gasteiger partial charge < -0.3 is 11.1 Å². The fraction of sp³-hybridized carbons (Fsp3) is 0.0769. The van der Waals surface area contributed by atoms with E-state index < -0.39 is 10.7 Å². The third-order valence-electron chi connectivity index (χ3n) is 2.61. The number of hydrogen-bond acceptors (Lipinski definition) is 5. The minimum atomic E-state index is -2.53. The lowest BCUT2D eigenvalue weighted by molar-refractivity contribution is -0.383. The highest BCUT2D eigenvalue weighted by Gasteiger charge is 2.13. The molecule has 2 aromatic rings. The zero-order chi connectivity index (χ0) is 15.4. The quantitative estimate of drug-likeness (QED) is 0.374. The fourth-order valence-electron chi connectivity index (χ4n) is 1.72. The van der Waals surface area contributed by atoms with Crippen molar-refractivity contribution in [3.8, 4) is 0 Å². The van der Waals surface area contributed by atoms with Crippen LogP contribution in [-0.4, -0.2) is 10.7 Å². The predicted octanol–water partition coefficient (Wildman–Crippen LogP) is 4.24. The second-order valence-electron chi connectivity index (χ2n) is 4.03. The van der Waals surface area contributed by atoms with Gasteiger partial charge in [0.05, 0.1) is 10.6 Å². The zero-order valence-corrected chi connectivity index (χ0v) is 11.4. The van der Waals surface area contributed by atoms with Crippen molar-refractivity contribution in [2.45, 2.75) is 10.7 Å². The van der Waals surface area contributed by atoms with Gasteiger partial charge in [-0.05, 0) is 24.3 Å². The Bertz CT molecular complexity index is 668. The van der Waals surface area contributed by atoms with Gasteiger partial charge in [0.15, 0.2) is 0 Å². The smallest absolute Gasteiger partial charge is 0.292 e. The van der Waals surface area contributed by atoms with Gasteiger partial charge in [-0.3, -0.25) is 10.1 Å². The van der Waals surface area contributed by atoms with Gasteiger partial charge in [-0.15, -0.1) is 0 Å². The molecular weight excluding hydrogens is 300 g/mol. The monoisotopic (exact) mass is 311 g/mol. The third-order valence-corrected chi connectivity index (χ3v) is 3.39. The number of anilines is 3. The van der Waals surface area contributed by atoms with Gasteiger partial charge in [-0.2, -0.15) is 8.78 Å². The summed E-state index contributed by atoms with van der Waals surface area (Å²) in [5, 5.41) is 13.6. The van der Waals surface area contributed by atoms with Crippen molar-refractivity contribution in [2.24, 2.45) is 0 Å². The Balaban J connectivity index is 2.26. The number of nitro benzene ring substituents is 1. The van der Waals surface area contributed by atoms with E-state index in [1.807, 2.05) is 0 Å². The first-order valence-electron chi connectivity index (χ1n) is 5.82. The summed E-state index contributed by atoms with van der Waals surface area (Å²) in [6.07, 6.45) is 0. The van der Waals surface area contributed by atoms with Crippen LogP contribution in [0.2, 0.25) is 0 Å². The van der Waals surface area contributed by atoms with Crippen LogP contribution in [0, 0.1) is 10.1 Å². The van der Waals surface area contributed by atoms with Crippen LogP contribution in [-0.2, 0) is 0 Å². The maximum absolute atomic E-state index is 12.5. The van der Waals surface area contributed by atoms with Crippen LogP contribution < -0.4 is 11.1 Å². The van der Waals surface area contributed by atoms with Crippen LogP contribution in [0.3, 0.4) is 0 Å². The lowest BCUT2D eigenvalue weighted by Gasteiger charge is -2.11. The average Bonchev–Trinajstić information content (AvgIpc) is 2.40. The summed E-state index contributed by atoms with van der Waals surface area (Å²) in [5.41, 5.74) is 6.36. The van der Waals surface area contributed by atoms with Crippen molar-refractivity contribution in [3.05, 3.63) is 52.6 Å². The van der Waals surface area contributed by atoms with E-state index in [2.05, 4.69) is 5.32 Å². The van der Waals surface area contributed by atoms with Crippen LogP contribution >= 0.6 is 11.8 Å². The van der Waals surface area contributed by atoms with E-state index in [0.717, 1.165) is 0 Å². The Labute approximate surface area is 123 Å². The van der Waals surface area contributed by atoms with E-state index in [1.165, 1.54) is 18.2 Å². The highest BCUT2D eigenvalue weighted by molar-refractivity contribution is 7.99. The minimum Gasteiger partial charge on any atom is -0.393 e. The van der Waals surface area contributed by atoms with Crippen molar-refractivity contribution in [2.75, 3.05) is 11.1 Å². The van der Waals surface area contributed by atoms with E-state index in [-0.39, 0.29) is 11.4 Å². The summed E-state index contributed by atoms with van der Waals surface area (Å²) < 4.78 is 25.0. The van der Waals surface area contributed by atoms with Crippen LogP contribution in [0.4, 0.5) is 31.5 Å². The summed E-state index contributed by atoms with van der Waals surface area (Å²) in [4.78, 5) is 10.5. The summed E-state index contributed by atoms with van der Waals surface area (Å²) in [6, 6.07) is 10.7. The summed E-state index contributed by atoms with van der Waals surface area (Å²) in [6.45, 7) is 0. The second-order valence-corrected chi connectivity index (χ2v) is 5.06. The molecule has 0 spiro atoms. The number of nitrogens with two attached hydrogens (primary N) is 1. The van der Waals surface area contributed by atoms with Crippen LogP contribution in [0.1, 0.15) is 0 Å². The summed E-state index contributed by atoms with van der Waals surface area (Å²) in [7, 11) is 0. The SMILES string of the molecule is Nc1cc(Nc2ccccc2SC(F)F)ccc1[N+](=O)[O-]. The number of halogens is 2. The number of thioether (sulfide) groups is 1. The second kappa shape index (κ2) is 6.40. The Morgan fingerprint density at radius 1 is 1.24 bits per heavy atom. The first-order valence-corrected chi connectivity index (χ1v) is 6.70. The Morgan fingerprint density at radius 2 is 1.95 bits per heavy atom. The normalized spacial score (nSPS) is 10.6. The first kappa shape index (κ1) is 15.0. The molecule has 0 aliphatic rings. The van der Waals surface area contributed by atoms with Gasteiger partial charge >= 0.3 is 0 Å². The molecule has 0 unspecified atom stereocenters. The van der Waals surface area contributed by atoms with Gasteiger partial charge in [0, 0.05) is 16.6 Å². The lowest BCUT2D eigenvalue weighted by Crippen LogP contribution is -1.98. The standard InChI is InChI=1S/C13H11F2N3O2S/c14-13(15)21-12-4-2-1-3-10(12)17-8-5-6-11(18(19)20)9(16)7-8/h1-7,13,17H,16H2. The molecule has 0 saturated carbocycles. The van der Waals surface area contributed by atoms with Crippen LogP contribution in [0.15, 0.2) is 47.4 Å². The van der Waals surface area contributed by atoms with Gasteiger partial charge in [0.1, 0.15) is 5.69 Å². The number of nitro groups is 1. The zero-order valence-electron chi connectivity index (χ0n) is 10.6. The van der Waals surface area contributed by atoms with Crippen molar-refractivity contribution in [1.82, 2.24) is 0 Å². The predicted molar refractivity (Wildman–Crippen MR) is 79.1 cm³/mol. The number of nitrogen functional groups attached to an aromatic ring is 1. The third kappa shape index (κ3) is 3.82. The highest BCUT2D eigenvalue weighted by atomic mass is 32.2. The fourth-order valence-corrected chi connectivity index (χ4v) is 2.32. The minimum absolute atomic E-state index is 0.00370. The number of rotatable bonds is 5. The molecule has 0 heterocycles. The average molecular weight is 311 g/mol. The van der Waals surface area contributed by atoms with Gasteiger partial charge in [0.2, 0.25) is 0 Å². The molecule has 2 aromatic carbocycles. The first-order chi connectivity index (χ1) is 9.97. The van der Waals surface area contributed by atoms with Crippen molar-refractivity contribution in [1.29, 1.82) is 0 Å². The molecule has 0 atom stereocenters. The molecule has 0 fully saturated rings. The molecule has 5 nitrogen and oxygen atoms in total. The van der Waals surface area contributed by atoms with E-state index in [9.17, 15) is 18.9 Å². The number of nitrogens with zero attached hydrogens (tertiary/aromatic N) is 1. The number of nitrogens with one attached hydrogen (secondary N) is 1. The molecule has 0 bridgehead atoms. The Hall–Kier alpha value is -2.35. The number of benzene rings is 2. The number of para-hydroxylation sites is 1. The molecule has 21 heavy (non-hydrogen) atoms. The van der Waals surface area contributed by atoms with Crippen molar-refractivity contribution in [3.63, 3.8) is 0 Å². The molecule has 110 valence electrons. The molecule has 8 heteroatoms. The molecular formula is C13H11F2N3O2S. The molecule has 0 saturated heterocycles. The number of alkyl halides is 2. The highest BCUT2D eigenvalue weighted by Crippen LogP contribution is 2.34. The topological polar surface area (TPSA) is 81.2 Å². The van der Waals surface area contributed by atoms with E-state index >= 15 is 0 Å². The van der Waals surface area contributed by atoms with E-state index in [4.69, 9.17) is 5.73 Å². The Morgan fingerprint density at radius 3 is 2.57 bits per heavy atom.